The number of carbonyl (C=O) groups is 2. The van der Waals surface area contributed by atoms with Crippen LogP contribution in [0.4, 0.5) is 0 Å². The molecule has 0 aromatic carbocycles. The van der Waals surface area contributed by atoms with E-state index in [0.29, 0.717) is 19.3 Å². The third kappa shape index (κ3) is 21.7. The lowest BCUT2D eigenvalue weighted by molar-refractivity contribution is -0.145. The normalized spacial score (nSPS) is 13.9. The van der Waals surface area contributed by atoms with Crippen LogP contribution < -0.4 is 5.73 Å². The van der Waals surface area contributed by atoms with Crippen LogP contribution in [0.2, 0.25) is 0 Å². The van der Waals surface area contributed by atoms with E-state index in [9.17, 15) is 27.7 Å². The Morgan fingerprint density at radius 3 is 1.02 bits per heavy atom. The van der Waals surface area contributed by atoms with Gasteiger partial charge in [-0.25, -0.2) is 0 Å². The molecule has 0 bridgehead atoms. The maximum Gasteiger partial charge on any atom is 0.328 e. The zero-order valence-electron chi connectivity index (χ0n) is 30.2. The smallest absolute Gasteiger partial charge is 0.328 e. The number of hydrogen-bond acceptors (Lipinski definition) is 4. The van der Waals surface area contributed by atoms with Gasteiger partial charge in [-0.2, -0.15) is 8.42 Å². The van der Waals surface area contributed by atoms with Crippen molar-refractivity contribution < 1.29 is 27.7 Å². The Kier molecular flexibility index (Phi) is 29.2. The number of nitrogens with two attached hydrogens (primary N) is 1. The topological polar surface area (TPSA) is 135 Å². The van der Waals surface area contributed by atoms with Gasteiger partial charge in [0.1, 0.15) is 0 Å². The Bertz CT molecular complexity index is 833. The van der Waals surface area contributed by atoms with E-state index in [1.165, 1.54) is 128 Å². The Morgan fingerprint density at radius 1 is 0.522 bits per heavy atom. The lowest BCUT2D eigenvalue weighted by atomic mass is 9.82. The molecule has 0 spiro atoms. The van der Waals surface area contributed by atoms with Crippen molar-refractivity contribution in [1.29, 1.82) is 0 Å². The standard InChI is InChI=1S/C38H75NO6S/c1-3-5-7-9-11-13-15-17-19-20-21-23-25-27-29-31-33-35(36(39)40)38(37(41)42,46(43,44)45)34-32-30-28-26-24-22-18-16-14-12-10-8-6-4-2/h35H,3-34H2,1-2H3,(H2,39,40)(H,41,42)(H,43,44,45). The van der Waals surface area contributed by atoms with Crippen LogP contribution in [0.3, 0.4) is 0 Å². The summed E-state index contributed by atoms with van der Waals surface area (Å²) >= 11 is 0. The predicted octanol–water partition coefficient (Wildman–Crippen LogP) is 11.3. The van der Waals surface area contributed by atoms with Crippen LogP contribution in [0.15, 0.2) is 0 Å². The molecule has 7 nitrogen and oxygen atoms in total. The maximum absolute atomic E-state index is 12.5. The third-order valence-corrected chi connectivity index (χ3v) is 11.6. The van der Waals surface area contributed by atoms with Crippen molar-refractivity contribution in [3.05, 3.63) is 0 Å². The lowest BCUT2D eigenvalue weighted by Crippen LogP contribution is -2.56. The van der Waals surface area contributed by atoms with Gasteiger partial charge >= 0.3 is 5.97 Å². The SMILES string of the molecule is CCCCCCCCCCCCCCCCCCC(C(N)=O)C(CCCCCCCCCCCCCCCC)(C(=O)O)S(=O)(=O)O. The Hall–Kier alpha value is -1.15. The predicted molar refractivity (Wildman–Crippen MR) is 194 cm³/mol. The van der Waals surface area contributed by atoms with E-state index in [-0.39, 0.29) is 12.8 Å². The van der Waals surface area contributed by atoms with Crippen LogP contribution in [0.25, 0.3) is 0 Å². The first-order valence-corrected chi connectivity index (χ1v) is 21.1. The van der Waals surface area contributed by atoms with E-state index in [0.717, 1.165) is 44.9 Å². The van der Waals surface area contributed by atoms with Crippen LogP contribution >= 0.6 is 0 Å². The second-order valence-corrected chi connectivity index (χ2v) is 15.7. The van der Waals surface area contributed by atoms with Gasteiger partial charge < -0.3 is 10.8 Å². The number of primary amides is 1. The number of carboxylic acids is 1. The molecule has 46 heavy (non-hydrogen) atoms. The average molecular weight is 674 g/mol. The zero-order valence-corrected chi connectivity index (χ0v) is 31.0. The maximum atomic E-state index is 12.5. The Balaban J connectivity index is 4.35. The molecule has 2 unspecified atom stereocenters. The van der Waals surface area contributed by atoms with Gasteiger partial charge in [0.05, 0.1) is 5.92 Å². The van der Waals surface area contributed by atoms with Crippen LogP contribution in [-0.4, -0.2) is 34.7 Å². The molecule has 0 aromatic heterocycles. The van der Waals surface area contributed by atoms with Crippen LogP contribution in [0, 0.1) is 5.92 Å². The molecule has 4 N–H and O–H groups in total. The molecule has 0 rings (SSSR count). The largest absolute Gasteiger partial charge is 0.480 e. The first-order chi connectivity index (χ1) is 22.1. The first-order valence-electron chi connectivity index (χ1n) is 19.6. The summed E-state index contributed by atoms with van der Waals surface area (Å²) in [7, 11) is -5.06. The van der Waals surface area contributed by atoms with E-state index in [4.69, 9.17) is 5.73 Å². The van der Waals surface area contributed by atoms with Crippen LogP contribution in [-0.2, 0) is 19.7 Å². The van der Waals surface area contributed by atoms with Gasteiger partial charge in [0.25, 0.3) is 10.1 Å². The molecular formula is C38H75NO6S. The lowest BCUT2D eigenvalue weighted by Gasteiger charge is -2.32. The number of carbonyl (C=O) groups excluding carboxylic acids is 1. The van der Waals surface area contributed by atoms with Gasteiger partial charge in [-0.15, -0.1) is 0 Å². The molecule has 0 heterocycles. The minimum atomic E-state index is -5.06. The van der Waals surface area contributed by atoms with E-state index >= 15 is 0 Å². The van der Waals surface area contributed by atoms with Crippen molar-refractivity contribution in [2.75, 3.05) is 0 Å². The summed E-state index contributed by atoms with van der Waals surface area (Å²) in [6, 6.07) is 0. The highest BCUT2D eigenvalue weighted by Gasteiger charge is 2.57. The zero-order chi connectivity index (χ0) is 34.4. The summed E-state index contributed by atoms with van der Waals surface area (Å²) in [6.45, 7) is 4.48. The van der Waals surface area contributed by atoms with Gasteiger partial charge in [0.15, 0.2) is 0 Å². The van der Waals surface area contributed by atoms with Gasteiger partial charge in [-0.05, 0) is 12.8 Å². The molecular weight excluding hydrogens is 598 g/mol. The van der Waals surface area contributed by atoms with E-state index in [1.54, 1.807) is 0 Å². The summed E-state index contributed by atoms with van der Waals surface area (Å²) in [5.41, 5.74) is 5.60. The third-order valence-electron chi connectivity index (χ3n) is 9.98. The van der Waals surface area contributed by atoms with Crippen molar-refractivity contribution in [3.8, 4) is 0 Å². The quantitative estimate of drug-likeness (QED) is 0.0447. The molecule has 0 aliphatic carbocycles. The minimum Gasteiger partial charge on any atom is -0.480 e. The Labute approximate surface area is 284 Å². The summed E-state index contributed by atoms with van der Waals surface area (Å²) in [5, 5.41) is 10.1. The number of rotatable bonds is 36. The van der Waals surface area contributed by atoms with Gasteiger partial charge in [0, 0.05) is 0 Å². The molecule has 0 aliphatic heterocycles. The second kappa shape index (κ2) is 29.9. The van der Waals surface area contributed by atoms with Crippen LogP contribution in [0.1, 0.15) is 219 Å². The average Bonchev–Trinajstić information content (AvgIpc) is 3.00. The fourth-order valence-electron chi connectivity index (χ4n) is 6.93. The number of hydrogen-bond donors (Lipinski definition) is 3. The van der Waals surface area contributed by atoms with Gasteiger partial charge in [-0.3, -0.25) is 14.1 Å². The number of amides is 1. The van der Waals surface area contributed by atoms with Crippen molar-refractivity contribution in [2.45, 2.75) is 224 Å². The first kappa shape index (κ1) is 44.9. The van der Waals surface area contributed by atoms with Gasteiger partial charge in [0.2, 0.25) is 10.7 Å². The van der Waals surface area contributed by atoms with E-state index in [2.05, 4.69) is 13.8 Å². The molecule has 0 aliphatic rings. The van der Waals surface area contributed by atoms with E-state index in [1.807, 2.05) is 0 Å². The summed E-state index contributed by atoms with van der Waals surface area (Å²) in [5.74, 6) is -4.09. The molecule has 2 atom stereocenters. The molecule has 274 valence electrons. The van der Waals surface area contributed by atoms with E-state index < -0.39 is 32.7 Å². The Morgan fingerprint density at radius 2 is 0.783 bits per heavy atom. The molecule has 0 saturated carbocycles. The second-order valence-electron chi connectivity index (χ2n) is 14.1. The van der Waals surface area contributed by atoms with Crippen molar-refractivity contribution in [2.24, 2.45) is 11.7 Å². The highest BCUT2D eigenvalue weighted by Crippen LogP contribution is 2.36. The van der Waals surface area contributed by atoms with Gasteiger partial charge in [-0.1, -0.05) is 206 Å². The van der Waals surface area contributed by atoms with Crippen molar-refractivity contribution in [3.63, 3.8) is 0 Å². The molecule has 1 amide bonds. The number of carboxylic acid groups (broad SMARTS) is 1. The number of unbranched alkanes of at least 4 members (excludes halogenated alkanes) is 28. The summed E-state index contributed by atoms with van der Waals surface area (Å²) in [4.78, 5) is 24.8. The number of aliphatic carboxylic acids is 1. The molecule has 0 radical (unpaired) electrons. The summed E-state index contributed by atoms with van der Waals surface area (Å²) < 4.78 is 32.7. The molecule has 0 fully saturated rings. The van der Waals surface area contributed by atoms with Crippen LogP contribution in [0.5, 0.6) is 0 Å². The minimum absolute atomic E-state index is 0.0540. The molecule has 8 heteroatoms. The molecule has 0 saturated heterocycles. The fourth-order valence-corrected chi connectivity index (χ4v) is 8.15. The summed E-state index contributed by atoms with van der Waals surface area (Å²) in [6.07, 6.45) is 34.4. The highest BCUT2D eigenvalue weighted by atomic mass is 32.2. The fraction of sp³-hybridized carbons (Fsp3) is 0.947. The highest BCUT2D eigenvalue weighted by molar-refractivity contribution is 7.88. The molecule has 0 aromatic rings. The monoisotopic (exact) mass is 674 g/mol. The van der Waals surface area contributed by atoms with Crippen molar-refractivity contribution >= 4 is 22.0 Å². The van der Waals surface area contributed by atoms with Crippen molar-refractivity contribution in [1.82, 2.24) is 0 Å².